The molecule has 4 rings (SSSR count). The van der Waals surface area contributed by atoms with Gasteiger partial charge in [0.05, 0.1) is 25.7 Å². The predicted molar refractivity (Wildman–Crippen MR) is 121 cm³/mol. The fourth-order valence-electron chi connectivity index (χ4n) is 5.39. The molecule has 0 amide bonds. The summed E-state index contributed by atoms with van der Waals surface area (Å²) in [5, 5.41) is 3.29. The molecule has 7 heteroatoms. The maximum atomic E-state index is 13.8. The molecular formula is C26H31NO6. The molecule has 2 aliphatic carbocycles. The van der Waals surface area contributed by atoms with Crippen molar-refractivity contribution in [2.45, 2.75) is 58.0 Å². The number of para-hydroxylation sites is 1. The van der Waals surface area contributed by atoms with E-state index in [0.717, 1.165) is 31.4 Å². The number of hydrogen-bond donors (Lipinski definition) is 1. The Morgan fingerprint density at radius 3 is 2.45 bits per heavy atom. The number of nitrogens with one attached hydrogen (secondary N) is 1. The van der Waals surface area contributed by atoms with Gasteiger partial charge in [-0.2, -0.15) is 0 Å². The minimum Gasteiger partial charge on any atom is -0.496 e. The standard InChI is InChI=1S/C26H31NO6/c1-14-13-18-23(24(28)20(14)25(29)32-4)22(17-11-7-8-12-19(17)31-3)21(15(2)27-18)26(30)33-16-9-5-6-10-16/h7-8,11-12,14,16,20,22,27H,5-6,9-10,13H2,1-4H3/t14-,20-,22+/m0/s1. The number of Topliss-reactive ketones (excluding diaryl/α,β-unsaturated/α-hetero) is 1. The summed E-state index contributed by atoms with van der Waals surface area (Å²) in [6.45, 7) is 3.70. The normalized spacial score (nSPS) is 25.5. The van der Waals surface area contributed by atoms with Crippen LogP contribution in [0.1, 0.15) is 57.4 Å². The molecule has 0 radical (unpaired) electrons. The van der Waals surface area contributed by atoms with E-state index in [1.807, 2.05) is 32.0 Å². The highest BCUT2D eigenvalue weighted by Gasteiger charge is 2.48. The highest BCUT2D eigenvalue weighted by Crippen LogP contribution is 2.47. The zero-order chi connectivity index (χ0) is 23.7. The first-order valence-corrected chi connectivity index (χ1v) is 11.5. The van der Waals surface area contributed by atoms with Crippen molar-refractivity contribution in [3.05, 3.63) is 52.4 Å². The Hall–Kier alpha value is -3.09. The van der Waals surface area contributed by atoms with Crippen molar-refractivity contribution < 1.29 is 28.6 Å². The SMILES string of the molecule is COC(=O)[C@@H]1C(=O)C2=C(C[C@@H]1C)NC(C)=C(C(=O)OC1CCCC1)[C@H]2c1ccccc1OC. The Morgan fingerprint density at radius 1 is 1.09 bits per heavy atom. The van der Waals surface area contributed by atoms with Crippen molar-refractivity contribution in [1.29, 1.82) is 0 Å². The number of dihydropyridines is 1. The Balaban J connectivity index is 1.84. The Bertz CT molecular complexity index is 1030. The van der Waals surface area contributed by atoms with Gasteiger partial charge in [0, 0.05) is 22.5 Å². The molecular weight excluding hydrogens is 422 g/mol. The van der Waals surface area contributed by atoms with Gasteiger partial charge in [-0.05, 0) is 51.0 Å². The Kier molecular flexibility index (Phi) is 6.58. The molecule has 1 heterocycles. The maximum Gasteiger partial charge on any atom is 0.337 e. The number of esters is 2. The topological polar surface area (TPSA) is 90.9 Å². The largest absolute Gasteiger partial charge is 0.496 e. The van der Waals surface area contributed by atoms with Gasteiger partial charge < -0.3 is 19.5 Å². The number of rotatable bonds is 5. The highest BCUT2D eigenvalue weighted by molar-refractivity contribution is 6.12. The van der Waals surface area contributed by atoms with Crippen LogP contribution in [0.25, 0.3) is 0 Å². The van der Waals surface area contributed by atoms with E-state index in [1.54, 1.807) is 13.2 Å². The van der Waals surface area contributed by atoms with E-state index < -0.39 is 23.8 Å². The van der Waals surface area contributed by atoms with Gasteiger partial charge in [-0.1, -0.05) is 25.1 Å². The van der Waals surface area contributed by atoms with Crippen LogP contribution in [-0.2, 0) is 23.9 Å². The van der Waals surface area contributed by atoms with Gasteiger partial charge >= 0.3 is 11.9 Å². The summed E-state index contributed by atoms with van der Waals surface area (Å²) in [6.07, 6.45) is 4.15. The monoisotopic (exact) mass is 453 g/mol. The molecule has 1 N–H and O–H groups in total. The van der Waals surface area contributed by atoms with E-state index in [0.29, 0.717) is 34.6 Å². The molecule has 176 valence electrons. The molecule has 7 nitrogen and oxygen atoms in total. The van der Waals surface area contributed by atoms with Crippen LogP contribution in [-0.4, -0.2) is 38.0 Å². The van der Waals surface area contributed by atoms with Crippen LogP contribution in [0.4, 0.5) is 0 Å². The maximum absolute atomic E-state index is 13.8. The van der Waals surface area contributed by atoms with E-state index in [4.69, 9.17) is 14.2 Å². The van der Waals surface area contributed by atoms with Gasteiger partial charge in [-0.3, -0.25) is 9.59 Å². The fourth-order valence-corrected chi connectivity index (χ4v) is 5.39. The second-order valence-corrected chi connectivity index (χ2v) is 9.09. The summed E-state index contributed by atoms with van der Waals surface area (Å²) in [4.78, 5) is 39.8. The van der Waals surface area contributed by atoms with Crippen LogP contribution in [0, 0.1) is 11.8 Å². The molecule has 0 spiro atoms. The second kappa shape index (κ2) is 9.41. The van der Waals surface area contributed by atoms with E-state index in [9.17, 15) is 14.4 Å². The van der Waals surface area contributed by atoms with Crippen molar-refractivity contribution in [2.75, 3.05) is 14.2 Å². The average molecular weight is 454 g/mol. The lowest BCUT2D eigenvalue weighted by atomic mass is 9.69. The van der Waals surface area contributed by atoms with Crippen molar-refractivity contribution in [3.8, 4) is 5.75 Å². The van der Waals surface area contributed by atoms with E-state index in [-0.39, 0.29) is 17.8 Å². The van der Waals surface area contributed by atoms with Crippen LogP contribution in [0.5, 0.6) is 5.75 Å². The summed E-state index contributed by atoms with van der Waals surface area (Å²) >= 11 is 0. The number of ketones is 1. The number of benzene rings is 1. The zero-order valence-electron chi connectivity index (χ0n) is 19.6. The van der Waals surface area contributed by atoms with Crippen LogP contribution < -0.4 is 10.1 Å². The lowest BCUT2D eigenvalue weighted by Crippen LogP contribution is -2.43. The summed E-state index contributed by atoms with van der Waals surface area (Å²) in [7, 11) is 2.85. The van der Waals surface area contributed by atoms with Crippen LogP contribution in [0.2, 0.25) is 0 Å². The number of allylic oxidation sites excluding steroid dienone is 3. The molecule has 3 atom stereocenters. The van der Waals surface area contributed by atoms with Crippen molar-refractivity contribution >= 4 is 17.7 Å². The van der Waals surface area contributed by atoms with Crippen LogP contribution in [0.3, 0.4) is 0 Å². The van der Waals surface area contributed by atoms with Gasteiger partial charge in [-0.15, -0.1) is 0 Å². The lowest BCUT2D eigenvalue weighted by molar-refractivity contribution is -0.151. The molecule has 1 aromatic carbocycles. The van der Waals surface area contributed by atoms with Gasteiger partial charge in [-0.25, -0.2) is 4.79 Å². The molecule has 0 aromatic heterocycles. The highest BCUT2D eigenvalue weighted by atomic mass is 16.5. The third-order valence-electron chi connectivity index (χ3n) is 6.99. The molecule has 1 saturated carbocycles. The molecule has 33 heavy (non-hydrogen) atoms. The number of methoxy groups -OCH3 is 2. The molecule has 1 fully saturated rings. The summed E-state index contributed by atoms with van der Waals surface area (Å²) in [5.41, 5.74) is 2.88. The van der Waals surface area contributed by atoms with E-state index in [2.05, 4.69) is 5.32 Å². The second-order valence-electron chi connectivity index (χ2n) is 9.09. The van der Waals surface area contributed by atoms with Gasteiger partial charge in [0.1, 0.15) is 17.8 Å². The average Bonchev–Trinajstić information content (AvgIpc) is 3.30. The summed E-state index contributed by atoms with van der Waals surface area (Å²) < 4.78 is 16.4. The third-order valence-corrected chi connectivity index (χ3v) is 6.99. The molecule has 0 saturated heterocycles. The number of carbonyl (C=O) groups excluding carboxylic acids is 3. The van der Waals surface area contributed by atoms with Gasteiger partial charge in [0.2, 0.25) is 0 Å². The van der Waals surface area contributed by atoms with Crippen molar-refractivity contribution in [3.63, 3.8) is 0 Å². The number of hydrogen-bond acceptors (Lipinski definition) is 7. The zero-order valence-corrected chi connectivity index (χ0v) is 19.6. The predicted octanol–water partition coefficient (Wildman–Crippen LogP) is 3.79. The van der Waals surface area contributed by atoms with Gasteiger partial charge in [0.15, 0.2) is 5.78 Å². The van der Waals surface area contributed by atoms with E-state index in [1.165, 1.54) is 7.11 Å². The van der Waals surface area contributed by atoms with Crippen LogP contribution >= 0.6 is 0 Å². The molecule has 1 aromatic rings. The lowest BCUT2D eigenvalue weighted by Gasteiger charge is -2.38. The molecule has 3 aliphatic rings. The first-order valence-electron chi connectivity index (χ1n) is 11.5. The minimum absolute atomic E-state index is 0.114. The summed E-state index contributed by atoms with van der Waals surface area (Å²) in [5.74, 6) is -2.59. The van der Waals surface area contributed by atoms with Crippen molar-refractivity contribution in [2.24, 2.45) is 11.8 Å². The minimum atomic E-state index is -0.918. The van der Waals surface area contributed by atoms with E-state index >= 15 is 0 Å². The Morgan fingerprint density at radius 2 is 1.79 bits per heavy atom. The Labute approximate surface area is 194 Å². The number of ether oxygens (including phenoxy) is 3. The molecule has 0 unspecified atom stereocenters. The third kappa shape index (κ3) is 4.16. The smallest absolute Gasteiger partial charge is 0.337 e. The quantitative estimate of drug-likeness (QED) is 0.536. The number of carbonyl (C=O) groups is 3. The molecule has 1 aliphatic heterocycles. The fraction of sp³-hybridized carbons (Fsp3) is 0.500. The first kappa shape index (κ1) is 23.1. The van der Waals surface area contributed by atoms with Crippen LogP contribution in [0.15, 0.2) is 46.8 Å². The summed E-state index contributed by atoms with van der Waals surface area (Å²) in [6, 6.07) is 7.35. The molecule has 0 bridgehead atoms. The van der Waals surface area contributed by atoms with Crippen molar-refractivity contribution in [1.82, 2.24) is 5.32 Å². The first-order chi connectivity index (χ1) is 15.9. The van der Waals surface area contributed by atoms with Gasteiger partial charge in [0.25, 0.3) is 0 Å².